The maximum Gasteiger partial charge on any atom is 0.262 e. The second-order valence-corrected chi connectivity index (χ2v) is 6.58. The van der Waals surface area contributed by atoms with Gasteiger partial charge in [0.1, 0.15) is 5.75 Å². The van der Waals surface area contributed by atoms with E-state index in [1.165, 1.54) is 25.3 Å². The lowest BCUT2D eigenvalue weighted by Crippen LogP contribution is -2.14. The van der Waals surface area contributed by atoms with Crippen molar-refractivity contribution in [2.75, 3.05) is 17.6 Å². The minimum absolute atomic E-state index is 0.0326. The summed E-state index contributed by atoms with van der Waals surface area (Å²) in [7, 11) is -2.30. The monoisotopic (exact) mass is 326 g/mol. The highest BCUT2D eigenvalue weighted by Crippen LogP contribution is 2.29. The van der Waals surface area contributed by atoms with E-state index < -0.39 is 10.0 Å². The van der Waals surface area contributed by atoms with Gasteiger partial charge in [0, 0.05) is 0 Å². The van der Waals surface area contributed by atoms with Gasteiger partial charge in [0.2, 0.25) is 0 Å². The Hall–Kier alpha value is -1.92. The summed E-state index contributed by atoms with van der Waals surface area (Å²) in [5.41, 5.74) is 7.18. The highest BCUT2D eigenvalue weighted by atomic mass is 35.5. The van der Waals surface area contributed by atoms with Gasteiger partial charge in [-0.2, -0.15) is 0 Å². The minimum Gasteiger partial charge on any atom is -0.495 e. The van der Waals surface area contributed by atoms with Gasteiger partial charge in [0.15, 0.2) is 0 Å². The smallest absolute Gasteiger partial charge is 0.262 e. The van der Waals surface area contributed by atoms with Crippen molar-refractivity contribution in [2.45, 2.75) is 11.8 Å². The molecule has 21 heavy (non-hydrogen) atoms. The van der Waals surface area contributed by atoms with E-state index in [4.69, 9.17) is 22.1 Å². The number of nitrogen functional groups attached to an aromatic ring is 1. The van der Waals surface area contributed by atoms with Gasteiger partial charge in [-0.25, -0.2) is 8.42 Å². The Morgan fingerprint density at radius 1 is 1.19 bits per heavy atom. The van der Waals surface area contributed by atoms with E-state index in [1.54, 1.807) is 12.1 Å². The summed E-state index contributed by atoms with van der Waals surface area (Å²) >= 11 is 5.86. The van der Waals surface area contributed by atoms with Crippen LogP contribution in [0.2, 0.25) is 5.02 Å². The first-order valence-corrected chi connectivity index (χ1v) is 7.92. The molecule has 3 N–H and O–H groups in total. The molecule has 7 heteroatoms. The molecule has 2 aromatic carbocycles. The number of hydrogen-bond donors (Lipinski definition) is 2. The summed E-state index contributed by atoms with van der Waals surface area (Å²) < 4.78 is 32.4. The molecule has 2 aromatic rings. The van der Waals surface area contributed by atoms with Gasteiger partial charge >= 0.3 is 0 Å². The molecule has 0 fully saturated rings. The SMILES string of the molecule is COc1ccc(C)cc1NS(=O)(=O)c1ccc(N)c(Cl)c1. The third-order valence-corrected chi connectivity index (χ3v) is 4.57. The molecule has 112 valence electrons. The van der Waals surface area contributed by atoms with Gasteiger partial charge in [-0.3, -0.25) is 4.72 Å². The Balaban J connectivity index is 2.41. The average molecular weight is 327 g/mol. The molecule has 0 aliphatic carbocycles. The van der Waals surface area contributed by atoms with Crippen molar-refractivity contribution >= 4 is 33.0 Å². The molecule has 0 saturated heterocycles. The largest absolute Gasteiger partial charge is 0.495 e. The predicted octanol–water partition coefficient (Wildman–Crippen LogP) is 3.04. The van der Waals surface area contributed by atoms with Crippen LogP contribution in [0.15, 0.2) is 41.3 Å². The van der Waals surface area contributed by atoms with Crippen LogP contribution in [0.4, 0.5) is 11.4 Å². The van der Waals surface area contributed by atoms with Crippen LogP contribution in [0.1, 0.15) is 5.56 Å². The first kappa shape index (κ1) is 15.5. The highest BCUT2D eigenvalue weighted by molar-refractivity contribution is 7.92. The van der Waals surface area contributed by atoms with E-state index in [1.807, 2.05) is 13.0 Å². The second-order valence-electron chi connectivity index (χ2n) is 4.49. The molecule has 0 amide bonds. The third-order valence-electron chi connectivity index (χ3n) is 2.88. The highest BCUT2D eigenvalue weighted by Gasteiger charge is 2.17. The topological polar surface area (TPSA) is 81.4 Å². The maximum atomic E-state index is 12.4. The third kappa shape index (κ3) is 3.40. The Labute approximate surface area is 128 Å². The van der Waals surface area contributed by atoms with Gasteiger partial charge < -0.3 is 10.5 Å². The van der Waals surface area contributed by atoms with Crippen LogP contribution >= 0.6 is 11.6 Å². The first-order chi connectivity index (χ1) is 9.83. The lowest BCUT2D eigenvalue weighted by atomic mass is 10.2. The van der Waals surface area contributed by atoms with Crippen LogP contribution < -0.4 is 15.2 Å². The average Bonchev–Trinajstić information content (AvgIpc) is 2.41. The Morgan fingerprint density at radius 2 is 1.90 bits per heavy atom. The van der Waals surface area contributed by atoms with E-state index in [2.05, 4.69) is 4.72 Å². The number of anilines is 2. The Bertz CT molecular complexity index is 776. The molecular weight excluding hydrogens is 312 g/mol. The van der Waals surface area contributed by atoms with Crippen LogP contribution in [0.25, 0.3) is 0 Å². The van der Waals surface area contributed by atoms with E-state index in [-0.39, 0.29) is 9.92 Å². The summed E-state index contributed by atoms with van der Waals surface area (Å²) in [6.45, 7) is 1.86. The number of halogens is 1. The van der Waals surface area contributed by atoms with E-state index in [0.717, 1.165) is 5.56 Å². The van der Waals surface area contributed by atoms with E-state index in [9.17, 15) is 8.42 Å². The summed E-state index contributed by atoms with van der Waals surface area (Å²) in [6.07, 6.45) is 0. The molecular formula is C14H15ClN2O3S. The second kappa shape index (κ2) is 5.83. The van der Waals surface area contributed by atoms with E-state index >= 15 is 0 Å². The number of aryl methyl sites for hydroxylation is 1. The van der Waals surface area contributed by atoms with Crippen molar-refractivity contribution < 1.29 is 13.2 Å². The van der Waals surface area contributed by atoms with E-state index in [0.29, 0.717) is 17.1 Å². The van der Waals surface area contributed by atoms with Gasteiger partial charge in [-0.1, -0.05) is 17.7 Å². The van der Waals surface area contributed by atoms with Crippen molar-refractivity contribution in [1.82, 2.24) is 0 Å². The summed E-state index contributed by atoms with van der Waals surface area (Å²) in [5.74, 6) is 0.436. The van der Waals surface area contributed by atoms with Crippen molar-refractivity contribution in [3.63, 3.8) is 0 Å². The number of benzene rings is 2. The number of hydrogen-bond acceptors (Lipinski definition) is 4. The summed E-state index contributed by atoms with van der Waals surface area (Å²) in [4.78, 5) is 0.0326. The summed E-state index contributed by atoms with van der Waals surface area (Å²) in [5, 5.41) is 0.189. The lowest BCUT2D eigenvalue weighted by molar-refractivity contribution is 0.417. The molecule has 0 aromatic heterocycles. The molecule has 0 heterocycles. The Kier molecular flexibility index (Phi) is 4.29. The zero-order valence-electron chi connectivity index (χ0n) is 11.6. The molecule has 0 atom stereocenters. The number of rotatable bonds is 4. The normalized spacial score (nSPS) is 11.2. The molecule has 0 saturated carbocycles. The molecule has 2 rings (SSSR count). The fraction of sp³-hybridized carbons (Fsp3) is 0.143. The van der Waals surface area contributed by atoms with Crippen molar-refractivity contribution in [2.24, 2.45) is 0 Å². The molecule has 0 radical (unpaired) electrons. The van der Waals surface area contributed by atoms with Gasteiger partial charge in [0.25, 0.3) is 10.0 Å². The van der Waals surface area contributed by atoms with Gasteiger partial charge in [0.05, 0.1) is 28.4 Å². The zero-order chi connectivity index (χ0) is 15.6. The zero-order valence-corrected chi connectivity index (χ0v) is 13.1. The predicted molar refractivity (Wildman–Crippen MR) is 84.4 cm³/mol. The fourth-order valence-electron chi connectivity index (χ4n) is 1.78. The fourth-order valence-corrected chi connectivity index (χ4v) is 3.11. The summed E-state index contributed by atoms with van der Waals surface area (Å²) in [6, 6.07) is 9.37. The number of ether oxygens (including phenoxy) is 1. The number of nitrogens with two attached hydrogens (primary N) is 1. The van der Waals surface area contributed by atoms with Crippen LogP contribution in [-0.4, -0.2) is 15.5 Å². The molecule has 0 spiro atoms. The first-order valence-electron chi connectivity index (χ1n) is 6.06. The maximum absolute atomic E-state index is 12.4. The van der Waals surface area contributed by atoms with Crippen molar-refractivity contribution in [1.29, 1.82) is 0 Å². The number of nitrogens with one attached hydrogen (secondary N) is 1. The van der Waals surface area contributed by atoms with Crippen molar-refractivity contribution in [3.05, 3.63) is 47.0 Å². The quantitative estimate of drug-likeness (QED) is 0.846. The standard InChI is InChI=1S/C14H15ClN2O3S/c1-9-3-6-14(20-2)13(7-9)17-21(18,19)10-4-5-12(16)11(15)8-10/h3-8,17H,16H2,1-2H3. The Morgan fingerprint density at radius 3 is 2.52 bits per heavy atom. The van der Waals surface area contributed by atoms with Gasteiger partial charge in [-0.05, 0) is 42.8 Å². The van der Waals surface area contributed by atoms with Crippen molar-refractivity contribution in [3.8, 4) is 5.75 Å². The molecule has 5 nitrogen and oxygen atoms in total. The molecule has 0 bridgehead atoms. The van der Waals surface area contributed by atoms with Gasteiger partial charge in [-0.15, -0.1) is 0 Å². The molecule has 0 unspecified atom stereocenters. The van der Waals surface area contributed by atoms with Crippen LogP contribution in [-0.2, 0) is 10.0 Å². The van der Waals surface area contributed by atoms with Crippen LogP contribution in [0, 0.1) is 6.92 Å². The number of sulfonamides is 1. The number of methoxy groups -OCH3 is 1. The molecule has 0 aliphatic heterocycles. The lowest BCUT2D eigenvalue weighted by Gasteiger charge is -2.13. The minimum atomic E-state index is -3.77. The van der Waals surface area contributed by atoms with Crippen LogP contribution in [0.3, 0.4) is 0 Å². The molecule has 0 aliphatic rings. The van der Waals surface area contributed by atoms with Crippen LogP contribution in [0.5, 0.6) is 5.75 Å².